The van der Waals surface area contributed by atoms with Gasteiger partial charge >= 0.3 is 0 Å². The van der Waals surface area contributed by atoms with Crippen LogP contribution in [-0.4, -0.2) is 68.8 Å². The van der Waals surface area contributed by atoms with Gasteiger partial charge in [-0.05, 0) is 133 Å². The molecule has 3 aliphatic heterocycles. The number of epoxide rings is 1. The third-order valence-electron chi connectivity index (χ3n) is 16.1. The molecule has 1 aromatic heterocycles. The van der Waals surface area contributed by atoms with Crippen LogP contribution in [0.15, 0.2) is 76.8 Å². The average molecular weight is 847 g/mol. The van der Waals surface area contributed by atoms with E-state index >= 15 is 0 Å². The number of benzene rings is 2. The number of hydrogen-bond donors (Lipinski definition) is 3. The fraction of sp³-hybridized carbons (Fsp3) is 0.510. The smallest absolute Gasteiger partial charge is 0.206 e. The highest BCUT2D eigenvalue weighted by molar-refractivity contribution is 6.06. The predicted molar refractivity (Wildman–Crippen MR) is 231 cm³/mol. The number of fused-ring (bicyclic) bond motifs is 5. The van der Waals surface area contributed by atoms with Crippen molar-refractivity contribution in [2.24, 2.45) is 27.6 Å². The lowest BCUT2D eigenvalue weighted by Crippen LogP contribution is -2.66. The van der Waals surface area contributed by atoms with Crippen LogP contribution in [0.3, 0.4) is 0 Å². The maximum atomic E-state index is 14.0. The molecule has 3 aromatic rings. The Labute approximate surface area is 362 Å². The van der Waals surface area contributed by atoms with Crippen molar-refractivity contribution in [2.45, 2.75) is 129 Å². The summed E-state index contributed by atoms with van der Waals surface area (Å²) in [5.41, 5.74) is -0.180. The van der Waals surface area contributed by atoms with E-state index in [9.17, 15) is 29.7 Å². The number of aromatic hydroxyl groups is 1. The Balaban J connectivity index is 0.000000158. The van der Waals surface area contributed by atoms with E-state index in [1.54, 1.807) is 39.4 Å². The van der Waals surface area contributed by atoms with Crippen LogP contribution in [0.25, 0.3) is 6.08 Å². The van der Waals surface area contributed by atoms with Gasteiger partial charge in [-0.25, -0.2) is 0 Å². The number of carbonyl (C=O) groups is 3. The Morgan fingerprint density at radius 2 is 1.66 bits per heavy atom. The fourth-order valence-electron chi connectivity index (χ4n) is 12.8. The van der Waals surface area contributed by atoms with Gasteiger partial charge in [0, 0.05) is 35.3 Å². The third-order valence-corrected chi connectivity index (χ3v) is 16.1. The highest BCUT2D eigenvalue weighted by atomic mass is 16.6. The molecule has 10 rings (SSSR count). The monoisotopic (exact) mass is 846 g/mol. The summed E-state index contributed by atoms with van der Waals surface area (Å²) in [6, 6.07) is 8.75. The van der Waals surface area contributed by atoms with Gasteiger partial charge in [0.15, 0.2) is 17.3 Å². The standard InChI is InChI=1S/C26H30O5.C25H28O6/c1-22(2)17(27)7-9-23(3)16-6-10-24(4)15(14-8-11-30-13-14)12-18-26(24,31-18)25(16,5)21(29)19(28)20(22)23;1-24(2)9-8-16-20(30-24)7-6-14(23(16)29-5)11-18(26)17-10-15-12-22(28)25(3,4)31-21(15)13-19(17)27/h7-9,11,13,15-16,18,28H,6,10,12H2,1-5H3;6-10,13,22,27-28H,11-12H2,1-5H3. The zero-order chi connectivity index (χ0) is 44.7. The normalized spacial score (nSPS) is 34.8. The van der Waals surface area contributed by atoms with Gasteiger partial charge in [0.25, 0.3) is 0 Å². The number of ketones is 3. The van der Waals surface area contributed by atoms with Gasteiger partial charge in [-0.1, -0.05) is 26.0 Å². The lowest BCUT2D eigenvalue weighted by molar-refractivity contribution is -0.162. The first-order chi connectivity index (χ1) is 29.0. The molecule has 3 N–H and O–H groups in total. The quantitative estimate of drug-likeness (QED) is 0.166. The molecule has 11 nitrogen and oxygen atoms in total. The predicted octanol–water partition coefficient (Wildman–Crippen LogP) is 8.98. The topological polar surface area (TPSA) is 165 Å². The third kappa shape index (κ3) is 5.65. The van der Waals surface area contributed by atoms with Crippen molar-refractivity contribution in [3.63, 3.8) is 0 Å². The number of aliphatic hydroxyl groups excluding tert-OH is 2. The Morgan fingerprint density at radius 1 is 0.919 bits per heavy atom. The molecule has 2 aromatic carbocycles. The molecule has 11 heteroatoms. The van der Waals surface area contributed by atoms with Crippen LogP contribution < -0.4 is 14.2 Å². The summed E-state index contributed by atoms with van der Waals surface area (Å²) in [7, 11) is 1.56. The Hall–Kier alpha value is -5.13. The van der Waals surface area contributed by atoms with Crippen LogP contribution in [0.1, 0.15) is 120 Å². The first-order valence-electron chi connectivity index (χ1n) is 21.7. The van der Waals surface area contributed by atoms with Gasteiger partial charge in [0.1, 0.15) is 39.8 Å². The summed E-state index contributed by atoms with van der Waals surface area (Å²) in [5, 5.41) is 32.2. The Kier molecular flexibility index (Phi) is 9.14. The highest BCUT2D eigenvalue weighted by Crippen LogP contribution is 2.81. The molecule has 0 amide bonds. The van der Waals surface area contributed by atoms with Crippen molar-refractivity contribution in [2.75, 3.05) is 7.11 Å². The molecule has 7 aliphatic rings. The number of phenols is 1. The molecule has 0 bridgehead atoms. The molecule has 4 aliphatic carbocycles. The summed E-state index contributed by atoms with van der Waals surface area (Å²) in [5.74, 6) is 1.06. The summed E-state index contributed by atoms with van der Waals surface area (Å²) < 4.78 is 29.3. The van der Waals surface area contributed by atoms with Crippen LogP contribution >= 0.6 is 0 Å². The molecule has 1 spiro atoms. The van der Waals surface area contributed by atoms with E-state index in [1.165, 1.54) is 11.6 Å². The average Bonchev–Trinajstić information content (AvgIpc) is 3.55. The molecule has 8 atom stereocenters. The first-order valence-corrected chi connectivity index (χ1v) is 21.7. The van der Waals surface area contributed by atoms with E-state index < -0.39 is 39.2 Å². The molecule has 2 saturated carbocycles. The van der Waals surface area contributed by atoms with Crippen molar-refractivity contribution in [3.8, 4) is 23.0 Å². The van der Waals surface area contributed by atoms with Gasteiger partial charge < -0.3 is 38.7 Å². The van der Waals surface area contributed by atoms with E-state index in [4.69, 9.17) is 23.4 Å². The molecule has 62 heavy (non-hydrogen) atoms. The Bertz CT molecular complexity index is 2520. The number of rotatable bonds is 5. The van der Waals surface area contributed by atoms with E-state index in [1.807, 2.05) is 77.3 Å². The van der Waals surface area contributed by atoms with Crippen molar-refractivity contribution in [1.29, 1.82) is 0 Å². The zero-order valence-corrected chi connectivity index (χ0v) is 37.3. The summed E-state index contributed by atoms with van der Waals surface area (Å²) in [4.78, 5) is 39.8. The minimum Gasteiger partial charge on any atom is -0.507 e. The number of phenolic OH excluding ortho intramolecular Hbond substituents is 1. The minimum absolute atomic E-state index is 0.00527. The van der Waals surface area contributed by atoms with Gasteiger partial charge in [-0.2, -0.15) is 0 Å². The number of aliphatic hydroxyl groups is 2. The number of Topliss-reactive ketones (excluding diaryl/α,β-unsaturated/α-hetero) is 2. The van der Waals surface area contributed by atoms with Gasteiger partial charge in [0.2, 0.25) is 5.78 Å². The van der Waals surface area contributed by atoms with E-state index in [0.717, 1.165) is 24.8 Å². The largest absolute Gasteiger partial charge is 0.507 e. The second-order valence-corrected chi connectivity index (χ2v) is 20.8. The van der Waals surface area contributed by atoms with Crippen LogP contribution in [0.5, 0.6) is 23.0 Å². The zero-order valence-electron chi connectivity index (χ0n) is 37.3. The van der Waals surface area contributed by atoms with Crippen LogP contribution in [0.4, 0.5) is 0 Å². The number of furan rings is 1. The molecule has 1 saturated heterocycles. The van der Waals surface area contributed by atoms with Crippen LogP contribution in [0, 0.1) is 27.6 Å². The number of carbonyl (C=O) groups excluding carboxylic acids is 3. The van der Waals surface area contributed by atoms with E-state index in [0.29, 0.717) is 40.4 Å². The SMILES string of the molecule is CC1(C)C(=O)C=CC2(C)C1=C(O)C(=O)C1(C)C2CCC2(C)C(c3ccoc3)CC3OC321.COc1c(CC(=O)c2cc3c(cc2O)OC(C)(C)C(O)C3)ccc2c1C=CC(C)(C)O2. The number of methoxy groups -OCH3 is 1. The molecule has 8 unspecified atom stereocenters. The molecule has 0 radical (unpaired) electrons. The second-order valence-electron chi connectivity index (χ2n) is 20.8. The summed E-state index contributed by atoms with van der Waals surface area (Å²) >= 11 is 0. The molecule has 328 valence electrons. The summed E-state index contributed by atoms with van der Waals surface area (Å²) in [6.45, 7) is 17.5. The minimum atomic E-state index is -0.901. The van der Waals surface area contributed by atoms with Crippen molar-refractivity contribution < 1.29 is 53.1 Å². The maximum absolute atomic E-state index is 14.0. The van der Waals surface area contributed by atoms with E-state index in [2.05, 4.69) is 13.8 Å². The fourth-order valence-corrected chi connectivity index (χ4v) is 12.8. The van der Waals surface area contributed by atoms with E-state index in [-0.39, 0.29) is 64.2 Å². The van der Waals surface area contributed by atoms with Gasteiger partial charge in [-0.15, -0.1) is 0 Å². The van der Waals surface area contributed by atoms with Crippen molar-refractivity contribution in [1.82, 2.24) is 0 Å². The molecular weight excluding hydrogens is 789 g/mol. The van der Waals surface area contributed by atoms with Crippen LogP contribution in [0.2, 0.25) is 0 Å². The van der Waals surface area contributed by atoms with Crippen LogP contribution in [-0.2, 0) is 27.2 Å². The van der Waals surface area contributed by atoms with Gasteiger partial charge in [-0.3, -0.25) is 14.4 Å². The maximum Gasteiger partial charge on any atom is 0.206 e. The van der Waals surface area contributed by atoms with Crippen molar-refractivity contribution in [3.05, 3.63) is 100 Å². The Morgan fingerprint density at radius 3 is 2.35 bits per heavy atom. The number of ether oxygens (including phenoxy) is 4. The molecule has 4 heterocycles. The summed E-state index contributed by atoms with van der Waals surface area (Å²) in [6.07, 6.45) is 13.4. The first kappa shape index (κ1) is 42.2. The number of allylic oxidation sites excluding steroid dienone is 4. The lowest BCUT2D eigenvalue weighted by Gasteiger charge is -2.62. The van der Waals surface area contributed by atoms with Gasteiger partial charge in [0.05, 0.1) is 53.8 Å². The molecule has 3 fully saturated rings. The lowest BCUT2D eigenvalue weighted by atomic mass is 9.39. The second kappa shape index (κ2) is 13.4. The van der Waals surface area contributed by atoms with Crippen molar-refractivity contribution >= 4 is 23.4 Å². The molecular formula is C51H58O11. The highest BCUT2D eigenvalue weighted by Gasteiger charge is 2.87. The number of hydrogen-bond acceptors (Lipinski definition) is 11.